The number of rotatable bonds is 8. The summed E-state index contributed by atoms with van der Waals surface area (Å²) in [5.41, 5.74) is 4.89. The van der Waals surface area contributed by atoms with Crippen LogP contribution >= 0.6 is 0 Å². The van der Waals surface area contributed by atoms with Crippen molar-refractivity contribution in [1.82, 2.24) is 20.2 Å². The standard InChI is InChI=1S/C23H29N5O/c1-18(16-29-3)27-23(24-2)26-14-21-6-4-5-7-22(21)20-10-8-19(9-11-20)15-28-13-12-25-17-28/h4-13,17-18H,14-16H2,1-3H3,(H2,24,26,27). The van der Waals surface area contributed by atoms with Crippen molar-refractivity contribution in [3.05, 3.63) is 78.4 Å². The first-order valence-corrected chi connectivity index (χ1v) is 9.78. The van der Waals surface area contributed by atoms with Crippen LogP contribution in [0.5, 0.6) is 0 Å². The van der Waals surface area contributed by atoms with Crippen molar-refractivity contribution < 1.29 is 4.74 Å². The molecule has 3 aromatic rings. The zero-order valence-electron chi connectivity index (χ0n) is 17.3. The predicted octanol–water partition coefficient (Wildman–Crippen LogP) is 3.30. The van der Waals surface area contributed by atoms with Gasteiger partial charge in [0.05, 0.1) is 12.9 Å². The maximum Gasteiger partial charge on any atom is 0.191 e. The fourth-order valence-electron chi connectivity index (χ4n) is 3.24. The SMILES string of the molecule is CN=C(NCc1ccccc1-c1ccc(Cn2ccnc2)cc1)NC(C)COC. The molecule has 6 nitrogen and oxygen atoms in total. The van der Waals surface area contributed by atoms with Crippen molar-refractivity contribution in [1.29, 1.82) is 0 Å². The highest BCUT2D eigenvalue weighted by Gasteiger charge is 2.08. The highest BCUT2D eigenvalue weighted by atomic mass is 16.5. The van der Waals surface area contributed by atoms with Crippen LogP contribution in [0.15, 0.2) is 72.2 Å². The van der Waals surface area contributed by atoms with E-state index in [1.54, 1.807) is 20.4 Å². The van der Waals surface area contributed by atoms with E-state index in [9.17, 15) is 0 Å². The van der Waals surface area contributed by atoms with E-state index in [4.69, 9.17) is 4.74 Å². The van der Waals surface area contributed by atoms with E-state index in [2.05, 4.69) is 80.6 Å². The van der Waals surface area contributed by atoms with Crippen LogP contribution in [0.3, 0.4) is 0 Å². The van der Waals surface area contributed by atoms with Crippen LogP contribution < -0.4 is 10.6 Å². The Labute approximate surface area is 172 Å². The number of aliphatic imine (C=N–C) groups is 1. The second-order valence-corrected chi connectivity index (χ2v) is 7.02. The lowest BCUT2D eigenvalue weighted by molar-refractivity contribution is 0.179. The third-order valence-electron chi connectivity index (χ3n) is 4.68. The van der Waals surface area contributed by atoms with Crippen molar-refractivity contribution >= 4 is 5.96 Å². The molecule has 152 valence electrons. The van der Waals surface area contributed by atoms with Gasteiger partial charge in [-0.1, -0.05) is 48.5 Å². The van der Waals surface area contributed by atoms with Crippen LogP contribution in [-0.4, -0.2) is 42.3 Å². The minimum atomic E-state index is 0.185. The zero-order chi connectivity index (χ0) is 20.5. The van der Waals surface area contributed by atoms with Gasteiger partial charge in [-0.25, -0.2) is 4.98 Å². The van der Waals surface area contributed by atoms with E-state index >= 15 is 0 Å². The minimum Gasteiger partial charge on any atom is -0.383 e. The van der Waals surface area contributed by atoms with E-state index in [1.165, 1.54) is 22.3 Å². The Bertz CT molecular complexity index is 903. The monoisotopic (exact) mass is 391 g/mol. The maximum atomic E-state index is 5.18. The van der Waals surface area contributed by atoms with Gasteiger partial charge in [0.2, 0.25) is 0 Å². The summed E-state index contributed by atoms with van der Waals surface area (Å²) in [5, 5.41) is 6.73. The van der Waals surface area contributed by atoms with Crippen LogP contribution in [0.4, 0.5) is 0 Å². The molecule has 1 unspecified atom stereocenters. The Morgan fingerprint density at radius 2 is 1.97 bits per heavy atom. The zero-order valence-corrected chi connectivity index (χ0v) is 17.3. The van der Waals surface area contributed by atoms with Crippen molar-refractivity contribution in [2.75, 3.05) is 20.8 Å². The average molecular weight is 392 g/mol. The summed E-state index contributed by atoms with van der Waals surface area (Å²) in [6, 6.07) is 17.3. The lowest BCUT2D eigenvalue weighted by atomic mass is 9.98. The van der Waals surface area contributed by atoms with E-state index < -0.39 is 0 Å². The Balaban J connectivity index is 1.68. The van der Waals surface area contributed by atoms with Gasteiger partial charge in [0, 0.05) is 45.7 Å². The Hall–Kier alpha value is -3.12. The molecule has 2 N–H and O–H groups in total. The lowest BCUT2D eigenvalue weighted by Gasteiger charge is -2.18. The fourth-order valence-corrected chi connectivity index (χ4v) is 3.24. The number of benzene rings is 2. The molecule has 0 saturated heterocycles. The minimum absolute atomic E-state index is 0.185. The fraction of sp³-hybridized carbons (Fsp3) is 0.304. The molecule has 0 radical (unpaired) electrons. The van der Waals surface area contributed by atoms with Gasteiger partial charge in [-0.15, -0.1) is 0 Å². The van der Waals surface area contributed by atoms with E-state index in [0.717, 1.165) is 12.5 Å². The second-order valence-electron chi connectivity index (χ2n) is 7.02. The van der Waals surface area contributed by atoms with Crippen molar-refractivity contribution in [2.24, 2.45) is 4.99 Å². The third kappa shape index (κ3) is 5.93. The largest absolute Gasteiger partial charge is 0.383 e. The van der Waals surface area contributed by atoms with Crippen LogP contribution in [-0.2, 0) is 17.8 Å². The molecule has 1 heterocycles. The number of nitrogens with zero attached hydrogens (tertiary/aromatic N) is 3. The molecule has 0 fully saturated rings. The number of guanidine groups is 1. The Kier molecular flexibility index (Phi) is 7.41. The summed E-state index contributed by atoms with van der Waals surface area (Å²) in [6.45, 7) is 4.20. The van der Waals surface area contributed by atoms with Crippen molar-refractivity contribution in [3.8, 4) is 11.1 Å². The van der Waals surface area contributed by atoms with Crippen LogP contribution in [0.25, 0.3) is 11.1 Å². The first kappa shape index (κ1) is 20.6. The number of hydrogen-bond acceptors (Lipinski definition) is 3. The molecule has 0 bridgehead atoms. The molecule has 6 heteroatoms. The third-order valence-corrected chi connectivity index (χ3v) is 4.68. The number of ether oxygens (including phenoxy) is 1. The molecule has 0 saturated carbocycles. The number of nitrogens with one attached hydrogen (secondary N) is 2. The van der Waals surface area contributed by atoms with E-state index in [-0.39, 0.29) is 6.04 Å². The van der Waals surface area contributed by atoms with Crippen LogP contribution in [0, 0.1) is 0 Å². The average Bonchev–Trinajstić information content (AvgIpc) is 3.25. The number of aromatic nitrogens is 2. The van der Waals surface area contributed by atoms with Gasteiger partial charge >= 0.3 is 0 Å². The van der Waals surface area contributed by atoms with Crippen LogP contribution in [0.1, 0.15) is 18.1 Å². The molecule has 1 aromatic heterocycles. The highest BCUT2D eigenvalue weighted by molar-refractivity contribution is 5.80. The molecular formula is C23H29N5O. The molecule has 0 aliphatic heterocycles. The molecular weight excluding hydrogens is 362 g/mol. The molecule has 0 amide bonds. The summed E-state index contributed by atoms with van der Waals surface area (Å²) in [7, 11) is 3.48. The Morgan fingerprint density at radius 1 is 1.17 bits per heavy atom. The molecule has 2 aromatic carbocycles. The predicted molar refractivity (Wildman–Crippen MR) is 118 cm³/mol. The van der Waals surface area contributed by atoms with Gasteiger partial charge < -0.3 is 19.9 Å². The van der Waals surface area contributed by atoms with Crippen molar-refractivity contribution in [2.45, 2.75) is 26.1 Å². The first-order chi connectivity index (χ1) is 14.2. The molecule has 29 heavy (non-hydrogen) atoms. The van der Waals surface area contributed by atoms with Gasteiger partial charge in [0.25, 0.3) is 0 Å². The topological polar surface area (TPSA) is 63.5 Å². The van der Waals surface area contributed by atoms with Gasteiger partial charge in [0.1, 0.15) is 0 Å². The summed E-state index contributed by atoms with van der Waals surface area (Å²) in [4.78, 5) is 8.41. The van der Waals surface area contributed by atoms with Gasteiger partial charge in [-0.3, -0.25) is 4.99 Å². The normalized spacial score (nSPS) is 12.6. The van der Waals surface area contributed by atoms with E-state index in [1.807, 2.05) is 12.5 Å². The molecule has 1 atom stereocenters. The maximum absolute atomic E-state index is 5.18. The lowest BCUT2D eigenvalue weighted by Crippen LogP contribution is -2.43. The smallest absolute Gasteiger partial charge is 0.191 e. The van der Waals surface area contributed by atoms with Crippen LogP contribution in [0.2, 0.25) is 0 Å². The first-order valence-electron chi connectivity index (χ1n) is 9.78. The summed E-state index contributed by atoms with van der Waals surface area (Å²) in [6.07, 6.45) is 5.61. The second kappa shape index (κ2) is 10.4. The summed E-state index contributed by atoms with van der Waals surface area (Å²) < 4.78 is 7.25. The molecule has 0 spiro atoms. The quantitative estimate of drug-likeness (QED) is 0.457. The number of hydrogen-bond donors (Lipinski definition) is 2. The van der Waals surface area contributed by atoms with Crippen molar-refractivity contribution in [3.63, 3.8) is 0 Å². The molecule has 0 aliphatic rings. The molecule has 0 aliphatic carbocycles. The van der Waals surface area contributed by atoms with E-state index in [0.29, 0.717) is 13.2 Å². The van der Waals surface area contributed by atoms with Gasteiger partial charge in [-0.05, 0) is 29.2 Å². The van der Waals surface area contributed by atoms with Gasteiger partial charge in [0.15, 0.2) is 5.96 Å². The summed E-state index contributed by atoms with van der Waals surface area (Å²) in [5.74, 6) is 0.764. The number of imidazole rings is 1. The highest BCUT2D eigenvalue weighted by Crippen LogP contribution is 2.24. The summed E-state index contributed by atoms with van der Waals surface area (Å²) >= 11 is 0. The molecule has 3 rings (SSSR count). The van der Waals surface area contributed by atoms with Gasteiger partial charge in [-0.2, -0.15) is 0 Å². The Morgan fingerprint density at radius 3 is 2.66 bits per heavy atom. The number of methoxy groups -OCH3 is 1.